The molecule has 3 rings (SSSR count). The number of aromatic nitrogens is 4. The summed E-state index contributed by atoms with van der Waals surface area (Å²) in [6.07, 6.45) is 1.60. The lowest BCUT2D eigenvalue weighted by atomic mass is 10.2. The minimum atomic E-state index is -0.641. The Labute approximate surface area is 165 Å². The smallest absolute Gasteiger partial charge is 0.360 e. The number of methoxy groups -OCH3 is 1. The van der Waals surface area contributed by atoms with Crippen LogP contribution in [0, 0.1) is 6.92 Å². The predicted octanol–water partition coefficient (Wildman–Crippen LogP) is 2.65. The van der Waals surface area contributed by atoms with Gasteiger partial charge in [-0.05, 0) is 25.1 Å². The van der Waals surface area contributed by atoms with E-state index in [9.17, 15) is 9.59 Å². The van der Waals surface area contributed by atoms with Gasteiger partial charge in [0, 0.05) is 13.2 Å². The van der Waals surface area contributed by atoms with Gasteiger partial charge in [0.05, 0.1) is 23.5 Å². The van der Waals surface area contributed by atoms with Crippen molar-refractivity contribution >= 4 is 29.2 Å². The average Bonchev–Trinajstić information content (AvgIpc) is 3.27. The molecule has 0 fully saturated rings. The van der Waals surface area contributed by atoms with Crippen molar-refractivity contribution in [3.8, 4) is 5.75 Å². The highest BCUT2D eigenvalue weighted by molar-refractivity contribution is 6.32. The topological polar surface area (TPSA) is 100 Å². The van der Waals surface area contributed by atoms with Crippen LogP contribution in [0.1, 0.15) is 26.7 Å². The van der Waals surface area contributed by atoms with Crippen LogP contribution in [-0.2, 0) is 18.5 Å². The molecule has 3 aromatic rings. The van der Waals surface area contributed by atoms with E-state index < -0.39 is 11.9 Å². The van der Waals surface area contributed by atoms with Crippen molar-refractivity contribution in [3.05, 3.63) is 58.6 Å². The van der Waals surface area contributed by atoms with E-state index in [-0.39, 0.29) is 23.8 Å². The zero-order valence-electron chi connectivity index (χ0n) is 15.5. The Kier molecular flexibility index (Phi) is 5.65. The number of para-hydroxylation sites is 1. The maximum atomic E-state index is 12.5. The lowest BCUT2D eigenvalue weighted by molar-refractivity contribution is 0.0594. The van der Waals surface area contributed by atoms with E-state index in [0.29, 0.717) is 16.5 Å². The van der Waals surface area contributed by atoms with Crippen LogP contribution in [-0.4, -0.2) is 38.5 Å². The number of esters is 1. The van der Waals surface area contributed by atoms with Gasteiger partial charge in [0.25, 0.3) is 5.91 Å². The number of rotatable bonds is 6. The summed E-state index contributed by atoms with van der Waals surface area (Å²) in [5, 5.41) is 11.4. The van der Waals surface area contributed by atoms with Gasteiger partial charge in [-0.1, -0.05) is 23.7 Å². The highest BCUT2D eigenvalue weighted by Gasteiger charge is 2.23. The van der Waals surface area contributed by atoms with Crippen LogP contribution >= 0.6 is 11.6 Å². The molecular weight excluding hydrogens is 386 g/mol. The van der Waals surface area contributed by atoms with Crippen molar-refractivity contribution < 1.29 is 19.1 Å². The number of aryl methyl sites for hydroxylation is 1. The van der Waals surface area contributed by atoms with Crippen molar-refractivity contribution in [1.29, 1.82) is 0 Å². The third-order valence-electron chi connectivity index (χ3n) is 4.01. The van der Waals surface area contributed by atoms with E-state index in [0.717, 1.165) is 0 Å². The summed E-state index contributed by atoms with van der Waals surface area (Å²) in [6, 6.07) is 8.59. The summed E-state index contributed by atoms with van der Waals surface area (Å²) in [5.41, 5.74) is 1.07. The number of benzene rings is 1. The number of carbonyl (C=O) groups excluding carboxylic acids is 2. The zero-order valence-corrected chi connectivity index (χ0v) is 16.2. The molecule has 0 saturated carbocycles. The summed E-state index contributed by atoms with van der Waals surface area (Å²) >= 11 is 6.04. The van der Waals surface area contributed by atoms with Gasteiger partial charge in [0.2, 0.25) is 0 Å². The van der Waals surface area contributed by atoms with Crippen LogP contribution in [0.5, 0.6) is 5.75 Å². The second kappa shape index (κ2) is 8.13. The second-order valence-corrected chi connectivity index (χ2v) is 6.23. The molecule has 0 spiro atoms. The molecule has 2 heterocycles. The fraction of sp³-hybridized carbons (Fsp3) is 0.222. The monoisotopic (exact) mass is 403 g/mol. The molecule has 0 atom stereocenters. The second-order valence-electron chi connectivity index (χ2n) is 5.82. The number of halogens is 1. The minimum absolute atomic E-state index is 0.0253. The third-order valence-corrected chi connectivity index (χ3v) is 4.33. The average molecular weight is 404 g/mol. The molecule has 0 unspecified atom stereocenters. The molecule has 0 aliphatic rings. The molecule has 146 valence electrons. The minimum Gasteiger partial charge on any atom is -0.470 e. The van der Waals surface area contributed by atoms with Gasteiger partial charge in [0.1, 0.15) is 5.75 Å². The molecule has 9 nitrogen and oxygen atoms in total. The lowest BCUT2D eigenvalue weighted by Gasteiger charge is -2.07. The number of hydrogen-bond donors (Lipinski definition) is 1. The molecule has 1 aromatic carbocycles. The first kappa shape index (κ1) is 19.4. The van der Waals surface area contributed by atoms with E-state index in [1.54, 1.807) is 44.4 Å². The number of ether oxygens (including phenoxy) is 2. The molecule has 2 aromatic heterocycles. The van der Waals surface area contributed by atoms with E-state index in [2.05, 4.69) is 15.5 Å². The number of nitrogens with zero attached hydrogens (tertiary/aromatic N) is 4. The van der Waals surface area contributed by atoms with Crippen LogP contribution in [0.25, 0.3) is 0 Å². The Morgan fingerprint density at radius 2 is 1.96 bits per heavy atom. The molecule has 0 saturated heterocycles. The van der Waals surface area contributed by atoms with Gasteiger partial charge in [-0.2, -0.15) is 10.2 Å². The first-order valence-electron chi connectivity index (χ1n) is 8.24. The first-order valence-corrected chi connectivity index (χ1v) is 8.62. The first-order chi connectivity index (χ1) is 13.4. The number of nitrogens with one attached hydrogen (secondary N) is 1. The molecule has 0 aliphatic carbocycles. The molecule has 0 aliphatic heterocycles. The number of carbonyl (C=O) groups is 2. The highest BCUT2D eigenvalue weighted by atomic mass is 35.5. The van der Waals surface area contributed by atoms with Crippen molar-refractivity contribution in [3.63, 3.8) is 0 Å². The zero-order chi connectivity index (χ0) is 20.3. The van der Waals surface area contributed by atoms with Crippen molar-refractivity contribution in [2.24, 2.45) is 7.05 Å². The Hall–Kier alpha value is -3.33. The fourth-order valence-corrected chi connectivity index (χ4v) is 2.62. The number of anilines is 1. The summed E-state index contributed by atoms with van der Waals surface area (Å²) in [4.78, 5) is 24.4. The van der Waals surface area contributed by atoms with Gasteiger partial charge < -0.3 is 14.8 Å². The Morgan fingerprint density at radius 1 is 1.21 bits per heavy atom. The summed E-state index contributed by atoms with van der Waals surface area (Å²) in [6.45, 7) is 1.81. The molecule has 1 N–H and O–H groups in total. The van der Waals surface area contributed by atoms with Crippen molar-refractivity contribution in [1.82, 2.24) is 19.6 Å². The standard InChI is InChI=1S/C18H18ClN5O4/c1-11-15(16(18(26)27-3)22-23(11)2)20-17(25)13-8-9-24(21-13)10-28-14-7-5-4-6-12(14)19/h4-9H,10H2,1-3H3,(H,20,25). The molecule has 28 heavy (non-hydrogen) atoms. The summed E-state index contributed by atoms with van der Waals surface area (Å²) in [7, 11) is 2.91. The Morgan fingerprint density at radius 3 is 2.68 bits per heavy atom. The van der Waals surface area contributed by atoms with Crippen LogP contribution in [0.3, 0.4) is 0 Å². The van der Waals surface area contributed by atoms with Crippen molar-refractivity contribution in [2.45, 2.75) is 13.7 Å². The SMILES string of the molecule is COC(=O)c1nn(C)c(C)c1NC(=O)c1ccn(COc2ccccc2Cl)n1. The van der Waals surface area contributed by atoms with E-state index in [1.807, 2.05) is 0 Å². The van der Waals surface area contributed by atoms with Crippen LogP contribution in [0.2, 0.25) is 5.02 Å². The number of amides is 1. The molecule has 1 amide bonds. The Balaban J connectivity index is 1.71. The maximum absolute atomic E-state index is 12.5. The summed E-state index contributed by atoms with van der Waals surface area (Å²) < 4.78 is 13.2. The van der Waals surface area contributed by atoms with Gasteiger partial charge >= 0.3 is 5.97 Å². The van der Waals surface area contributed by atoms with Crippen LogP contribution in [0.15, 0.2) is 36.5 Å². The Bertz CT molecular complexity index is 1030. The quantitative estimate of drug-likeness (QED) is 0.635. The molecular formula is C18H18ClN5O4. The summed E-state index contributed by atoms with van der Waals surface area (Å²) in [5.74, 6) is -0.616. The van der Waals surface area contributed by atoms with E-state index in [1.165, 1.54) is 22.5 Å². The van der Waals surface area contributed by atoms with Gasteiger partial charge in [-0.3, -0.25) is 9.48 Å². The van der Waals surface area contributed by atoms with E-state index >= 15 is 0 Å². The lowest BCUT2D eigenvalue weighted by Crippen LogP contribution is -2.17. The molecule has 10 heteroatoms. The maximum Gasteiger partial charge on any atom is 0.360 e. The van der Waals surface area contributed by atoms with Gasteiger partial charge in [-0.15, -0.1) is 0 Å². The largest absolute Gasteiger partial charge is 0.470 e. The van der Waals surface area contributed by atoms with Crippen LogP contribution in [0.4, 0.5) is 5.69 Å². The van der Waals surface area contributed by atoms with Gasteiger partial charge in [-0.25, -0.2) is 9.48 Å². The molecule has 0 radical (unpaired) electrons. The highest BCUT2D eigenvalue weighted by Crippen LogP contribution is 2.23. The van der Waals surface area contributed by atoms with E-state index in [4.69, 9.17) is 21.1 Å². The third kappa shape index (κ3) is 3.99. The van der Waals surface area contributed by atoms with Crippen molar-refractivity contribution in [2.75, 3.05) is 12.4 Å². The van der Waals surface area contributed by atoms with Crippen LogP contribution < -0.4 is 10.1 Å². The normalized spacial score (nSPS) is 10.6. The fourth-order valence-electron chi connectivity index (χ4n) is 2.43. The predicted molar refractivity (Wildman–Crippen MR) is 102 cm³/mol. The molecule has 0 bridgehead atoms. The van der Waals surface area contributed by atoms with Gasteiger partial charge in [0.15, 0.2) is 18.1 Å². The number of hydrogen-bond acceptors (Lipinski definition) is 6.